The molecule has 4 heterocycles. The Hall–Kier alpha value is -3.04. The summed E-state index contributed by atoms with van der Waals surface area (Å²) in [5.74, 6) is 2.93. The summed E-state index contributed by atoms with van der Waals surface area (Å²) in [6, 6.07) is 12.0. The van der Waals surface area contributed by atoms with Gasteiger partial charge in [-0.05, 0) is 91.7 Å². The van der Waals surface area contributed by atoms with E-state index in [-0.39, 0.29) is 29.9 Å². The number of amides is 2. The van der Waals surface area contributed by atoms with E-state index in [2.05, 4.69) is 16.1 Å². The zero-order valence-corrected chi connectivity index (χ0v) is 18.9. The van der Waals surface area contributed by atoms with Gasteiger partial charge in [0.05, 0.1) is 6.04 Å². The number of carbonyl (C=O) groups is 1. The Bertz CT molecular complexity index is 1040. The zero-order chi connectivity index (χ0) is 22.8. The van der Waals surface area contributed by atoms with Crippen LogP contribution in [0.2, 0.25) is 0 Å². The van der Waals surface area contributed by atoms with Crippen LogP contribution in [-0.4, -0.2) is 55.2 Å². The topological polar surface area (TPSA) is 44.8 Å². The van der Waals surface area contributed by atoms with E-state index in [4.69, 9.17) is 11.2 Å². The molecule has 1 N–H and O–H groups in total. The minimum Gasteiger partial charge on any atom is -0.481 e. The Morgan fingerprint density at radius 2 is 1.85 bits per heavy atom. The van der Waals surface area contributed by atoms with E-state index in [1.54, 1.807) is 12.1 Å². The van der Waals surface area contributed by atoms with Crippen LogP contribution in [0, 0.1) is 23.6 Å². The first kappa shape index (κ1) is 21.8. The van der Waals surface area contributed by atoms with Gasteiger partial charge in [0.2, 0.25) is 0 Å². The van der Waals surface area contributed by atoms with Crippen molar-refractivity contribution in [3.05, 3.63) is 65.0 Å². The smallest absolute Gasteiger partial charge is 0.318 e. The fraction of sp³-hybridized carbons (Fsp3) is 0.444. The van der Waals surface area contributed by atoms with E-state index in [9.17, 15) is 9.18 Å². The molecule has 0 radical (unpaired) electrons. The second-order valence-electron chi connectivity index (χ2n) is 9.50. The number of hydrogen-bond donors (Lipinski definition) is 1. The molecular weight excluding hydrogens is 417 g/mol. The van der Waals surface area contributed by atoms with Crippen LogP contribution in [0.4, 0.5) is 9.18 Å². The van der Waals surface area contributed by atoms with Gasteiger partial charge in [0.25, 0.3) is 0 Å². The van der Waals surface area contributed by atoms with E-state index >= 15 is 0 Å². The van der Waals surface area contributed by atoms with Crippen molar-refractivity contribution in [3.8, 4) is 18.1 Å². The summed E-state index contributed by atoms with van der Waals surface area (Å²) in [4.78, 5) is 17.9. The third-order valence-corrected chi connectivity index (χ3v) is 7.60. The second kappa shape index (κ2) is 9.07. The molecule has 3 fully saturated rings. The number of carbonyl (C=O) groups excluding carboxylic acids is 1. The number of piperidine rings is 3. The van der Waals surface area contributed by atoms with Crippen molar-refractivity contribution >= 4 is 6.03 Å². The lowest BCUT2D eigenvalue weighted by molar-refractivity contribution is 0.0272. The van der Waals surface area contributed by atoms with Gasteiger partial charge in [-0.15, -0.1) is 6.42 Å². The molecule has 6 heteroatoms. The van der Waals surface area contributed by atoms with Crippen LogP contribution >= 0.6 is 0 Å². The fourth-order valence-electron chi connectivity index (χ4n) is 5.57. The average Bonchev–Trinajstić information content (AvgIpc) is 2.87. The van der Waals surface area contributed by atoms with Crippen molar-refractivity contribution in [3.63, 3.8) is 0 Å². The van der Waals surface area contributed by atoms with Gasteiger partial charge in [-0.1, -0.05) is 24.1 Å². The largest absolute Gasteiger partial charge is 0.481 e. The molecule has 4 aliphatic rings. The first-order valence-electron chi connectivity index (χ1n) is 11.8. The Morgan fingerprint density at radius 1 is 1.12 bits per heavy atom. The van der Waals surface area contributed by atoms with Gasteiger partial charge in [-0.2, -0.15) is 0 Å². The van der Waals surface area contributed by atoms with Gasteiger partial charge in [-0.3, -0.25) is 0 Å². The summed E-state index contributed by atoms with van der Waals surface area (Å²) in [5, 5.41) is 3.27. The third kappa shape index (κ3) is 4.43. The van der Waals surface area contributed by atoms with E-state index < -0.39 is 0 Å². The molecular formula is C27H30FN3O2. The minimum atomic E-state index is -0.286. The molecule has 2 amide bonds. The number of benzene rings is 2. The Balaban J connectivity index is 1.39. The van der Waals surface area contributed by atoms with Crippen molar-refractivity contribution < 1.29 is 13.9 Å². The average molecular weight is 448 g/mol. The Morgan fingerprint density at radius 3 is 2.55 bits per heavy atom. The molecule has 2 aromatic carbocycles. The highest BCUT2D eigenvalue weighted by atomic mass is 19.1. The maximum atomic E-state index is 13.7. The van der Waals surface area contributed by atoms with Crippen molar-refractivity contribution in [2.75, 3.05) is 39.3 Å². The summed E-state index contributed by atoms with van der Waals surface area (Å²) < 4.78 is 19.3. The molecule has 0 unspecified atom stereocenters. The zero-order valence-electron chi connectivity index (χ0n) is 18.9. The number of nitrogens with zero attached hydrogens (tertiary/aromatic N) is 2. The summed E-state index contributed by atoms with van der Waals surface area (Å²) in [5.41, 5.74) is 3.29. The molecule has 0 aliphatic carbocycles. The summed E-state index contributed by atoms with van der Waals surface area (Å²) in [7, 11) is 0. The number of hydrogen-bond acceptors (Lipinski definition) is 3. The SMILES string of the molecule is C#CCOc1ccc2c(c1)CCN(C(=O)NCC13CCN(CC1)CC3)[C@@H]2c1ccc(F)cc1. The van der Waals surface area contributed by atoms with E-state index in [0.717, 1.165) is 74.3 Å². The van der Waals surface area contributed by atoms with Crippen molar-refractivity contribution in [1.82, 2.24) is 15.1 Å². The lowest BCUT2D eigenvalue weighted by Crippen LogP contribution is -2.54. The van der Waals surface area contributed by atoms with E-state index in [1.165, 1.54) is 12.1 Å². The summed E-state index contributed by atoms with van der Waals surface area (Å²) in [6.45, 7) is 4.92. The molecule has 1 atom stereocenters. The highest BCUT2D eigenvalue weighted by Crippen LogP contribution is 2.40. The number of nitrogens with one attached hydrogen (secondary N) is 1. The van der Waals surface area contributed by atoms with Gasteiger partial charge in [-0.25, -0.2) is 9.18 Å². The van der Waals surface area contributed by atoms with Crippen LogP contribution in [0.5, 0.6) is 5.75 Å². The maximum absolute atomic E-state index is 13.7. The molecule has 0 aromatic heterocycles. The first-order valence-corrected chi connectivity index (χ1v) is 11.8. The number of halogens is 1. The highest BCUT2D eigenvalue weighted by molar-refractivity contribution is 5.76. The second-order valence-corrected chi connectivity index (χ2v) is 9.50. The number of terminal acetylenes is 1. The van der Waals surface area contributed by atoms with Crippen molar-refractivity contribution in [1.29, 1.82) is 0 Å². The third-order valence-electron chi connectivity index (χ3n) is 7.60. The quantitative estimate of drug-likeness (QED) is 0.706. The molecule has 2 aromatic rings. The van der Waals surface area contributed by atoms with Gasteiger partial charge >= 0.3 is 6.03 Å². The minimum absolute atomic E-state index is 0.0509. The van der Waals surface area contributed by atoms with Crippen LogP contribution < -0.4 is 10.1 Å². The number of fused-ring (bicyclic) bond motifs is 4. The molecule has 5 nitrogen and oxygen atoms in total. The van der Waals surface area contributed by atoms with Crippen LogP contribution in [0.1, 0.15) is 42.0 Å². The van der Waals surface area contributed by atoms with Crippen LogP contribution in [0.15, 0.2) is 42.5 Å². The lowest BCUT2D eigenvalue weighted by Gasteiger charge is -2.48. The number of rotatable bonds is 5. The van der Waals surface area contributed by atoms with Gasteiger partial charge in [0.1, 0.15) is 18.2 Å². The molecule has 33 heavy (non-hydrogen) atoms. The molecule has 6 rings (SSSR count). The van der Waals surface area contributed by atoms with Crippen LogP contribution in [0.3, 0.4) is 0 Å². The number of ether oxygens (including phenoxy) is 1. The van der Waals surface area contributed by atoms with E-state index in [0.29, 0.717) is 6.54 Å². The summed E-state index contributed by atoms with van der Waals surface area (Å²) in [6.07, 6.45) is 9.50. The number of urea groups is 1. The molecule has 2 bridgehead atoms. The predicted octanol–water partition coefficient (Wildman–Crippen LogP) is 3.98. The van der Waals surface area contributed by atoms with Gasteiger partial charge < -0.3 is 19.9 Å². The fourth-order valence-corrected chi connectivity index (χ4v) is 5.57. The maximum Gasteiger partial charge on any atom is 0.318 e. The van der Waals surface area contributed by atoms with Crippen molar-refractivity contribution in [2.24, 2.45) is 5.41 Å². The lowest BCUT2D eigenvalue weighted by atomic mass is 9.72. The molecule has 3 saturated heterocycles. The monoisotopic (exact) mass is 447 g/mol. The standard InChI is InChI=1S/C27H30FN3O2/c1-2-17-33-23-7-8-24-21(18-23)9-13-31(25(24)20-3-5-22(28)6-4-20)26(32)29-19-27-10-14-30(15-11-27)16-12-27/h1,3-8,18,25H,9-17,19H2,(H,29,32)/t25-/m1/s1. The van der Waals surface area contributed by atoms with Crippen LogP contribution in [-0.2, 0) is 6.42 Å². The van der Waals surface area contributed by atoms with Gasteiger partial charge in [0, 0.05) is 13.1 Å². The molecule has 0 spiro atoms. The summed E-state index contributed by atoms with van der Waals surface area (Å²) >= 11 is 0. The highest BCUT2D eigenvalue weighted by Gasteiger charge is 2.40. The Kier molecular flexibility index (Phi) is 5.99. The molecule has 172 valence electrons. The van der Waals surface area contributed by atoms with E-state index in [1.807, 2.05) is 23.1 Å². The Labute approximate surface area is 194 Å². The molecule has 4 aliphatic heterocycles. The predicted molar refractivity (Wildman–Crippen MR) is 126 cm³/mol. The first-order chi connectivity index (χ1) is 16.1. The normalized spacial score (nSPS) is 25.8. The van der Waals surface area contributed by atoms with Crippen molar-refractivity contribution in [2.45, 2.75) is 31.7 Å². The van der Waals surface area contributed by atoms with Gasteiger partial charge in [0.15, 0.2) is 0 Å². The molecule has 0 saturated carbocycles. The van der Waals surface area contributed by atoms with Crippen LogP contribution in [0.25, 0.3) is 0 Å².